The van der Waals surface area contributed by atoms with Gasteiger partial charge in [-0.25, -0.2) is 8.42 Å². The minimum absolute atomic E-state index is 0.0408. The Morgan fingerprint density at radius 2 is 2.29 bits per heavy atom. The lowest BCUT2D eigenvalue weighted by Gasteiger charge is -2.28. The van der Waals surface area contributed by atoms with Crippen LogP contribution in [-0.2, 0) is 32.5 Å². The molecule has 0 saturated carbocycles. The smallest absolute Gasteiger partial charge is 0.226 e. The summed E-state index contributed by atoms with van der Waals surface area (Å²) < 4.78 is 30.3. The van der Waals surface area contributed by atoms with E-state index in [-0.39, 0.29) is 11.9 Å². The van der Waals surface area contributed by atoms with Gasteiger partial charge in [0.2, 0.25) is 15.9 Å². The summed E-state index contributed by atoms with van der Waals surface area (Å²) in [5, 5.41) is 6.23. The molecule has 0 spiro atoms. The second kappa shape index (κ2) is 7.18. The van der Waals surface area contributed by atoms with Crippen LogP contribution in [0.1, 0.15) is 17.5 Å². The lowest BCUT2D eigenvalue weighted by atomic mass is 9.99. The van der Waals surface area contributed by atoms with Crippen molar-refractivity contribution >= 4 is 21.6 Å². The average molecular weight is 353 g/mol. The summed E-state index contributed by atoms with van der Waals surface area (Å²) in [7, 11) is -3.20. The molecule has 0 bridgehead atoms. The highest BCUT2D eigenvalue weighted by Gasteiger charge is 2.25. The fourth-order valence-electron chi connectivity index (χ4n) is 3.16. The number of sulfonamides is 1. The van der Waals surface area contributed by atoms with E-state index in [2.05, 4.69) is 10.6 Å². The summed E-state index contributed by atoms with van der Waals surface area (Å²) in [6, 6.07) is 5.68. The Morgan fingerprint density at radius 1 is 1.46 bits per heavy atom. The third kappa shape index (κ3) is 4.13. The SMILES string of the molecule is CS(=O)(=O)N1CCc2c(cccc2NC(=O)CC2COCCN2)C1. The fraction of sp³-hybridized carbons (Fsp3) is 0.562. The molecule has 1 amide bonds. The highest BCUT2D eigenvalue weighted by Crippen LogP contribution is 2.27. The van der Waals surface area contributed by atoms with Crippen molar-refractivity contribution in [2.24, 2.45) is 0 Å². The Bertz CT molecular complexity index is 714. The molecule has 0 aromatic heterocycles. The van der Waals surface area contributed by atoms with Gasteiger partial charge in [0.05, 0.1) is 19.5 Å². The molecule has 0 aliphatic carbocycles. The van der Waals surface area contributed by atoms with Crippen LogP contribution in [0.3, 0.4) is 0 Å². The van der Waals surface area contributed by atoms with E-state index in [4.69, 9.17) is 4.74 Å². The average Bonchev–Trinajstić information content (AvgIpc) is 2.54. The fourth-order valence-corrected chi connectivity index (χ4v) is 3.96. The molecule has 1 fully saturated rings. The lowest BCUT2D eigenvalue weighted by molar-refractivity contribution is -0.117. The monoisotopic (exact) mass is 353 g/mol. The first-order valence-electron chi connectivity index (χ1n) is 8.10. The van der Waals surface area contributed by atoms with Crippen molar-refractivity contribution < 1.29 is 17.9 Å². The van der Waals surface area contributed by atoms with Crippen LogP contribution < -0.4 is 10.6 Å². The summed E-state index contributed by atoms with van der Waals surface area (Å²) in [4.78, 5) is 12.3. The number of hydrogen-bond acceptors (Lipinski definition) is 5. The number of benzene rings is 1. The highest BCUT2D eigenvalue weighted by molar-refractivity contribution is 7.88. The third-order valence-electron chi connectivity index (χ3n) is 4.40. The maximum atomic E-state index is 12.3. The van der Waals surface area contributed by atoms with E-state index in [9.17, 15) is 13.2 Å². The zero-order chi connectivity index (χ0) is 17.2. The second-order valence-corrected chi connectivity index (χ2v) is 8.25. The van der Waals surface area contributed by atoms with Crippen LogP contribution in [0.4, 0.5) is 5.69 Å². The molecule has 2 aliphatic heterocycles. The van der Waals surface area contributed by atoms with Crippen LogP contribution in [0.5, 0.6) is 0 Å². The molecule has 3 rings (SSSR count). The number of morpholine rings is 1. The molecule has 2 heterocycles. The number of nitrogens with one attached hydrogen (secondary N) is 2. The quantitative estimate of drug-likeness (QED) is 0.814. The number of nitrogens with zero attached hydrogens (tertiary/aromatic N) is 1. The lowest BCUT2D eigenvalue weighted by Crippen LogP contribution is -2.43. The van der Waals surface area contributed by atoms with E-state index < -0.39 is 10.0 Å². The van der Waals surface area contributed by atoms with E-state index in [0.717, 1.165) is 23.4 Å². The Morgan fingerprint density at radius 3 is 3.00 bits per heavy atom. The predicted molar refractivity (Wildman–Crippen MR) is 91.3 cm³/mol. The molecule has 1 saturated heterocycles. The molecular weight excluding hydrogens is 330 g/mol. The van der Waals surface area contributed by atoms with Gasteiger partial charge in [0.15, 0.2) is 0 Å². The van der Waals surface area contributed by atoms with Gasteiger partial charge in [0, 0.05) is 37.8 Å². The molecular formula is C16H23N3O4S. The summed E-state index contributed by atoms with van der Waals surface area (Å²) in [6.45, 7) is 2.79. The third-order valence-corrected chi connectivity index (χ3v) is 5.65. The predicted octanol–water partition coefficient (Wildman–Crippen LogP) is 0.321. The number of anilines is 1. The van der Waals surface area contributed by atoms with Crippen molar-refractivity contribution in [3.05, 3.63) is 29.3 Å². The van der Waals surface area contributed by atoms with E-state index in [1.807, 2.05) is 18.2 Å². The summed E-state index contributed by atoms with van der Waals surface area (Å²) in [5.41, 5.74) is 2.75. The molecule has 1 atom stereocenters. The van der Waals surface area contributed by atoms with E-state index in [1.54, 1.807) is 0 Å². The van der Waals surface area contributed by atoms with Gasteiger partial charge in [0.1, 0.15) is 0 Å². The highest BCUT2D eigenvalue weighted by atomic mass is 32.2. The largest absolute Gasteiger partial charge is 0.378 e. The second-order valence-electron chi connectivity index (χ2n) is 6.27. The van der Waals surface area contributed by atoms with E-state index in [0.29, 0.717) is 39.1 Å². The number of rotatable bonds is 4. The van der Waals surface area contributed by atoms with Gasteiger partial charge >= 0.3 is 0 Å². The van der Waals surface area contributed by atoms with Crippen LogP contribution in [0, 0.1) is 0 Å². The maximum absolute atomic E-state index is 12.3. The summed E-state index contributed by atoms with van der Waals surface area (Å²) in [5.74, 6) is -0.0584. The molecule has 24 heavy (non-hydrogen) atoms. The number of ether oxygens (including phenoxy) is 1. The molecule has 2 aliphatic rings. The Hall–Kier alpha value is -1.48. The van der Waals surface area contributed by atoms with Gasteiger partial charge in [-0.1, -0.05) is 12.1 Å². The van der Waals surface area contributed by atoms with Crippen molar-refractivity contribution in [2.45, 2.75) is 25.4 Å². The molecule has 1 aromatic rings. The van der Waals surface area contributed by atoms with Crippen LogP contribution in [-0.4, -0.2) is 57.2 Å². The number of carbonyl (C=O) groups excluding carboxylic acids is 1. The van der Waals surface area contributed by atoms with Gasteiger partial charge in [-0.15, -0.1) is 0 Å². The molecule has 1 unspecified atom stereocenters. The number of carbonyl (C=O) groups is 1. The van der Waals surface area contributed by atoms with Gasteiger partial charge < -0.3 is 15.4 Å². The first-order chi connectivity index (χ1) is 11.4. The molecule has 0 radical (unpaired) electrons. The van der Waals surface area contributed by atoms with Crippen molar-refractivity contribution in [1.29, 1.82) is 0 Å². The van der Waals surface area contributed by atoms with Gasteiger partial charge in [-0.05, 0) is 23.6 Å². The Balaban J connectivity index is 1.68. The summed E-state index contributed by atoms with van der Waals surface area (Å²) >= 11 is 0. The first-order valence-corrected chi connectivity index (χ1v) is 9.95. The zero-order valence-electron chi connectivity index (χ0n) is 13.7. The standard InChI is InChI=1S/C16H23N3O4S/c1-24(21,22)19-7-5-14-12(10-19)3-2-4-15(14)18-16(20)9-13-11-23-8-6-17-13/h2-4,13,17H,5-11H2,1H3,(H,18,20). The van der Waals surface area contributed by atoms with Crippen LogP contribution in [0.15, 0.2) is 18.2 Å². The Kier molecular flexibility index (Phi) is 5.19. The maximum Gasteiger partial charge on any atom is 0.226 e. The van der Waals surface area contributed by atoms with E-state index >= 15 is 0 Å². The first kappa shape index (κ1) is 17.3. The van der Waals surface area contributed by atoms with Crippen molar-refractivity contribution in [3.63, 3.8) is 0 Å². The number of hydrogen-bond donors (Lipinski definition) is 2. The minimum Gasteiger partial charge on any atom is -0.378 e. The molecule has 1 aromatic carbocycles. The van der Waals surface area contributed by atoms with E-state index in [1.165, 1.54) is 10.6 Å². The Labute approximate surface area is 142 Å². The molecule has 8 heteroatoms. The van der Waals surface area contributed by atoms with Crippen molar-refractivity contribution in [2.75, 3.05) is 37.9 Å². The minimum atomic E-state index is -3.20. The van der Waals surface area contributed by atoms with Gasteiger partial charge in [0.25, 0.3) is 0 Å². The molecule has 7 nitrogen and oxygen atoms in total. The normalized spacial score (nSPS) is 22.0. The van der Waals surface area contributed by atoms with Crippen LogP contribution in [0.2, 0.25) is 0 Å². The molecule has 132 valence electrons. The van der Waals surface area contributed by atoms with Crippen molar-refractivity contribution in [1.82, 2.24) is 9.62 Å². The summed E-state index contributed by atoms with van der Waals surface area (Å²) in [6.07, 6.45) is 2.19. The number of fused-ring (bicyclic) bond motifs is 1. The number of amides is 1. The van der Waals surface area contributed by atoms with Gasteiger partial charge in [-0.2, -0.15) is 4.31 Å². The van der Waals surface area contributed by atoms with Gasteiger partial charge in [-0.3, -0.25) is 4.79 Å². The molecule has 2 N–H and O–H groups in total. The van der Waals surface area contributed by atoms with Crippen LogP contribution in [0.25, 0.3) is 0 Å². The van der Waals surface area contributed by atoms with Crippen molar-refractivity contribution in [3.8, 4) is 0 Å². The van der Waals surface area contributed by atoms with Crippen LogP contribution >= 0.6 is 0 Å². The zero-order valence-corrected chi connectivity index (χ0v) is 14.6. The topological polar surface area (TPSA) is 87.7 Å².